The third-order valence-electron chi connectivity index (χ3n) is 4.06. The zero-order chi connectivity index (χ0) is 16.8. The van der Waals surface area contributed by atoms with Gasteiger partial charge in [-0.1, -0.05) is 49.6 Å². The molecule has 0 spiro atoms. The van der Waals surface area contributed by atoms with Gasteiger partial charge in [0.05, 0.1) is 12.1 Å². The maximum absolute atomic E-state index is 4.82. The van der Waals surface area contributed by atoms with Crippen molar-refractivity contribution in [1.82, 2.24) is 9.73 Å². The lowest BCUT2D eigenvalue weighted by Gasteiger charge is -2.34. The number of hydrazone groups is 1. The highest BCUT2D eigenvalue weighted by molar-refractivity contribution is 7.78. The first-order chi connectivity index (χ1) is 11.0. The molecule has 0 aromatic rings. The molecule has 2 aliphatic heterocycles. The van der Waals surface area contributed by atoms with Crippen molar-refractivity contribution in [2.75, 3.05) is 0 Å². The highest BCUT2D eigenvalue weighted by Gasteiger charge is 2.28. The summed E-state index contributed by atoms with van der Waals surface area (Å²) in [5.41, 5.74) is 2.65. The summed E-state index contributed by atoms with van der Waals surface area (Å²) in [4.78, 5) is 4.82. The van der Waals surface area contributed by atoms with Gasteiger partial charge < -0.3 is 4.72 Å². The summed E-state index contributed by atoms with van der Waals surface area (Å²) in [6.45, 7) is 8.64. The molecule has 0 aromatic heterocycles. The monoisotopic (exact) mass is 332 g/mol. The quantitative estimate of drug-likeness (QED) is 0.584. The maximum Gasteiger partial charge on any atom is 0.148 e. The van der Waals surface area contributed by atoms with Gasteiger partial charge in [-0.05, 0) is 45.6 Å². The number of dihydropyridines is 1. The average Bonchev–Trinajstić information content (AvgIpc) is 2.54. The predicted molar refractivity (Wildman–Crippen MR) is 103 cm³/mol. The van der Waals surface area contributed by atoms with E-state index in [4.69, 9.17) is 4.99 Å². The molecule has 0 bridgehead atoms. The lowest BCUT2D eigenvalue weighted by molar-refractivity contribution is 0.385. The normalized spacial score (nSPS) is 23.2. The summed E-state index contributed by atoms with van der Waals surface area (Å²) < 4.78 is 2.90. The van der Waals surface area contributed by atoms with Crippen LogP contribution in [-0.4, -0.2) is 28.8 Å². The van der Waals surface area contributed by atoms with Crippen LogP contribution in [0, 0.1) is 0 Å². The van der Waals surface area contributed by atoms with E-state index in [0.29, 0.717) is 6.04 Å². The van der Waals surface area contributed by atoms with Crippen molar-refractivity contribution in [3.05, 3.63) is 35.5 Å². The second-order valence-corrected chi connectivity index (χ2v) is 6.50. The van der Waals surface area contributed by atoms with E-state index in [2.05, 4.69) is 74.6 Å². The van der Waals surface area contributed by atoms with Crippen molar-refractivity contribution in [2.24, 2.45) is 10.1 Å². The number of fused-ring (bicyclic) bond motifs is 1. The molecule has 2 heterocycles. The van der Waals surface area contributed by atoms with Crippen LogP contribution in [0.2, 0.25) is 0 Å². The Labute approximate surface area is 145 Å². The molecule has 5 heteroatoms. The van der Waals surface area contributed by atoms with Crippen LogP contribution in [0.3, 0.4) is 0 Å². The second-order valence-electron chi connectivity index (χ2n) is 6.28. The molecule has 1 N–H and O–H groups in total. The van der Waals surface area contributed by atoms with E-state index in [0.717, 1.165) is 37.4 Å². The fourth-order valence-corrected chi connectivity index (χ4v) is 2.93. The minimum Gasteiger partial charge on any atom is -0.319 e. The average molecular weight is 333 g/mol. The summed E-state index contributed by atoms with van der Waals surface area (Å²) in [6, 6.07) is 0.483. The van der Waals surface area contributed by atoms with Crippen LogP contribution in [-0.2, 0) is 0 Å². The lowest BCUT2D eigenvalue weighted by Crippen LogP contribution is -2.42. The summed E-state index contributed by atoms with van der Waals surface area (Å²) in [7, 11) is 0. The molecule has 0 aromatic carbocycles. The molecule has 2 rings (SSSR count). The summed E-state index contributed by atoms with van der Waals surface area (Å²) in [6.07, 6.45) is 12.8. The van der Waals surface area contributed by atoms with Crippen molar-refractivity contribution in [3.63, 3.8) is 0 Å². The first-order valence-corrected chi connectivity index (χ1v) is 8.86. The number of thiol groups is 1. The van der Waals surface area contributed by atoms with E-state index in [-0.39, 0.29) is 6.04 Å². The Morgan fingerprint density at radius 3 is 3.04 bits per heavy atom. The molecule has 0 aliphatic carbocycles. The van der Waals surface area contributed by atoms with Gasteiger partial charge in [-0.3, -0.25) is 4.99 Å². The Balaban J connectivity index is 2.15. The van der Waals surface area contributed by atoms with E-state index in [9.17, 15) is 0 Å². The first-order valence-electron chi connectivity index (χ1n) is 8.41. The third-order valence-corrected chi connectivity index (χ3v) is 4.32. The Morgan fingerprint density at radius 2 is 2.35 bits per heavy atom. The zero-order valence-electron chi connectivity index (χ0n) is 14.6. The zero-order valence-corrected chi connectivity index (χ0v) is 15.5. The summed E-state index contributed by atoms with van der Waals surface area (Å²) in [5, 5.41) is 6.69. The van der Waals surface area contributed by atoms with E-state index >= 15 is 0 Å². The number of rotatable bonds is 5. The van der Waals surface area contributed by atoms with Gasteiger partial charge in [0.2, 0.25) is 0 Å². The van der Waals surface area contributed by atoms with Crippen LogP contribution in [0.5, 0.6) is 0 Å². The fraction of sp³-hybridized carbons (Fsp3) is 0.556. The van der Waals surface area contributed by atoms with Crippen LogP contribution >= 0.6 is 12.8 Å². The molecule has 2 unspecified atom stereocenters. The molecule has 0 fully saturated rings. The number of nitrogens with one attached hydrogen (secondary N) is 1. The van der Waals surface area contributed by atoms with Crippen LogP contribution in [0.15, 0.2) is 45.5 Å². The van der Waals surface area contributed by atoms with Crippen molar-refractivity contribution in [3.8, 4) is 0 Å². The van der Waals surface area contributed by atoms with Crippen LogP contribution in [0.25, 0.3) is 0 Å². The lowest BCUT2D eigenvalue weighted by atomic mass is 10.0. The van der Waals surface area contributed by atoms with E-state index in [1.54, 1.807) is 0 Å². The highest BCUT2D eigenvalue weighted by Crippen LogP contribution is 2.25. The summed E-state index contributed by atoms with van der Waals surface area (Å²) >= 11 is 4.17. The number of hydrogen-bond donors (Lipinski definition) is 2. The number of hydrogen-bond acceptors (Lipinski definition) is 5. The fourth-order valence-electron chi connectivity index (χ4n) is 2.81. The summed E-state index contributed by atoms with van der Waals surface area (Å²) in [5.74, 6) is 1.88. The minimum atomic E-state index is 0.161. The van der Waals surface area contributed by atoms with Crippen molar-refractivity contribution >= 4 is 24.5 Å². The smallest absolute Gasteiger partial charge is 0.148 e. The topological polar surface area (TPSA) is 40.0 Å². The third kappa shape index (κ3) is 4.74. The van der Waals surface area contributed by atoms with Gasteiger partial charge in [-0.15, -0.1) is 0 Å². The van der Waals surface area contributed by atoms with Crippen LogP contribution in [0.4, 0.5) is 0 Å². The Bertz CT molecular complexity index is 572. The minimum absolute atomic E-state index is 0.161. The van der Waals surface area contributed by atoms with Gasteiger partial charge in [-0.25, -0.2) is 5.01 Å². The molecule has 0 radical (unpaired) electrons. The SMILES string of the molecule is CC/C=C(/C)C/C=C\C(C)N1N=C(NS)CC2=CCC(C)N=C21. The Hall–Kier alpha value is -1.49. The molecule has 126 valence electrons. The number of nitrogens with zero attached hydrogens (tertiary/aromatic N) is 3. The number of aliphatic imine (C=N–C) groups is 1. The van der Waals surface area contributed by atoms with Crippen LogP contribution < -0.4 is 4.72 Å². The van der Waals surface area contributed by atoms with E-state index < -0.39 is 0 Å². The number of allylic oxidation sites excluding steroid dienone is 3. The van der Waals surface area contributed by atoms with Gasteiger partial charge >= 0.3 is 0 Å². The van der Waals surface area contributed by atoms with Gasteiger partial charge in [-0.2, -0.15) is 5.10 Å². The number of amidine groups is 2. The van der Waals surface area contributed by atoms with Crippen molar-refractivity contribution in [2.45, 2.75) is 65.5 Å². The van der Waals surface area contributed by atoms with Gasteiger partial charge in [0.1, 0.15) is 11.7 Å². The van der Waals surface area contributed by atoms with Crippen molar-refractivity contribution in [1.29, 1.82) is 0 Å². The first kappa shape index (κ1) is 17.9. The standard InChI is InChI=1S/C18H28N4S/c1-5-7-13(2)8-6-9-15(4)22-18-16(11-10-14(3)19-18)12-17(20-22)21-23/h6-7,9,11,14-15,23H,5,8,10,12H2,1-4H3,(H,20,21)/b9-6-,13-7-. The maximum atomic E-state index is 4.82. The molecule has 0 amide bonds. The second kappa shape index (κ2) is 8.39. The highest BCUT2D eigenvalue weighted by atomic mass is 32.1. The molecule has 0 saturated heterocycles. The van der Waals surface area contributed by atoms with E-state index in [1.165, 1.54) is 11.1 Å². The Kier molecular flexibility index (Phi) is 6.51. The van der Waals surface area contributed by atoms with Gasteiger partial charge in [0.15, 0.2) is 0 Å². The molecule has 2 atom stereocenters. The molecular weight excluding hydrogens is 304 g/mol. The molecular formula is C18H28N4S. The van der Waals surface area contributed by atoms with E-state index in [1.807, 2.05) is 5.01 Å². The molecule has 0 saturated carbocycles. The van der Waals surface area contributed by atoms with Gasteiger partial charge in [0, 0.05) is 6.42 Å². The molecule has 2 aliphatic rings. The van der Waals surface area contributed by atoms with Gasteiger partial charge in [0.25, 0.3) is 0 Å². The van der Waals surface area contributed by atoms with Crippen molar-refractivity contribution < 1.29 is 0 Å². The largest absolute Gasteiger partial charge is 0.319 e. The Morgan fingerprint density at radius 1 is 1.57 bits per heavy atom. The molecule has 4 nitrogen and oxygen atoms in total. The van der Waals surface area contributed by atoms with Crippen LogP contribution in [0.1, 0.15) is 53.4 Å². The predicted octanol–water partition coefficient (Wildman–Crippen LogP) is 4.25. The molecule has 23 heavy (non-hydrogen) atoms.